The molecule has 26 heavy (non-hydrogen) atoms. The highest BCUT2D eigenvalue weighted by Crippen LogP contribution is 2.43. The van der Waals surface area contributed by atoms with Crippen LogP contribution in [0, 0.1) is 0 Å². The maximum atomic E-state index is 12.9. The first-order chi connectivity index (χ1) is 12.5. The van der Waals surface area contributed by atoms with Crippen LogP contribution in [0.2, 0.25) is 0 Å². The summed E-state index contributed by atoms with van der Waals surface area (Å²) in [5.41, 5.74) is 2.92. The number of carbonyl (C=O) groups excluding carboxylic acids is 1. The Balaban J connectivity index is 1.72. The van der Waals surface area contributed by atoms with E-state index in [0.717, 1.165) is 51.1 Å². The lowest BCUT2D eigenvalue weighted by molar-refractivity contribution is 0.0934. The smallest absolute Gasteiger partial charge is 0.256 e. The van der Waals surface area contributed by atoms with Gasteiger partial charge >= 0.3 is 0 Å². The summed E-state index contributed by atoms with van der Waals surface area (Å²) in [6.45, 7) is 5.15. The van der Waals surface area contributed by atoms with Gasteiger partial charge in [-0.3, -0.25) is 9.69 Å². The third-order valence-corrected chi connectivity index (χ3v) is 7.11. The number of hydrogen-bond donors (Lipinski definition) is 2. The molecule has 0 unspecified atom stereocenters. The van der Waals surface area contributed by atoms with Gasteiger partial charge in [0.15, 0.2) is 0 Å². The van der Waals surface area contributed by atoms with Crippen LogP contribution >= 0.6 is 43.2 Å². The molecule has 1 aromatic carbocycles. The minimum atomic E-state index is -0.332. The van der Waals surface area contributed by atoms with Gasteiger partial charge in [0.2, 0.25) is 0 Å². The number of hydrogen-bond acceptors (Lipinski definition) is 5. The molecule has 3 heterocycles. The zero-order valence-corrected chi connectivity index (χ0v) is 18.5. The largest absolute Gasteiger partial charge is 0.495 e. The van der Waals surface area contributed by atoms with E-state index in [9.17, 15) is 4.79 Å². The lowest BCUT2D eigenvalue weighted by atomic mass is 10.00. The molecular weight excluding hydrogens is 482 g/mol. The number of anilines is 1. The van der Waals surface area contributed by atoms with Crippen molar-refractivity contribution in [2.75, 3.05) is 25.5 Å². The zero-order chi connectivity index (χ0) is 18.4. The molecule has 8 heteroatoms. The summed E-state index contributed by atoms with van der Waals surface area (Å²) in [4.78, 5) is 16.6. The number of carbonyl (C=O) groups is 1. The van der Waals surface area contributed by atoms with Gasteiger partial charge in [-0.1, -0.05) is 22.9 Å². The van der Waals surface area contributed by atoms with Crippen LogP contribution in [0.1, 0.15) is 39.5 Å². The van der Waals surface area contributed by atoms with E-state index in [4.69, 9.17) is 4.74 Å². The van der Waals surface area contributed by atoms with Crippen molar-refractivity contribution >= 4 is 54.1 Å². The summed E-state index contributed by atoms with van der Waals surface area (Å²) >= 11 is 8.76. The second-order valence-corrected chi connectivity index (χ2v) is 9.26. The summed E-state index contributed by atoms with van der Waals surface area (Å²) in [6, 6.07) is 3.90. The highest BCUT2D eigenvalue weighted by Gasteiger charge is 2.34. The lowest BCUT2D eigenvalue weighted by Gasteiger charge is -2.29. The van der Waals surface area contributed by atoms with E-state index in [1.54, 1.807) is 18.4 Å². The summed E-state index contributed by atoms with van der Waals surface area (Å²) in [6.07, 6.45) is 0.599. The van der Waals surface area contributed by atoms with E-state index < -0.39 is 0 Å². The van der Waals surface area contributed by atoms with Gasteiger partial charge in [-0.15, -0.1) is 11.3 Å². The number of methoxy groups -OCH3 is 1. The van der Waals surface area contributed by atoms with Crippen molar-refractivity contribution in [3.8, 4) is 5.75 Å². The van der Waals surface area contributed by atoms with Crippen molar-refractivity contribution in [2.24, 2.45) is 0 Å². The van der Waals surface area contributed by atoms with Gasteiger partial charge in [0, 0.05) is 28.0 Å². The molecule has 1 atom stereocenters. The first kappa shape index (κ1) is 18.3. The topological polar surface area (TPSA) is 53.6 Å². The van der Waals surface area contributed by atoms with Gasteiger partial charge in [0.05, 0.1) is 17.1 Å². The Morgan fingerprint density at radius 3 is 2.88 bits per heavy atom. The number of rotatable bonds is 3. The van der Waals surface area contributed by atoms with Gasteiger partial charge in [-0.2, -0.15) is 0 Å². The van der Waals surface area contributed by atoms with E-state index in [0.29, 0.717) is 5.75 Å². The SMILES string of the molecule is CCN1CCc2c(sc3c2C(=O)N[C@H](c2cc(Br)cc(Br)c2OC)N3)C1. The number of amides is 1. The molecule has 5 nitrogen and oxygen atoms in total. The van der Waals surface area contributed by atoms with Crippen molar-refractivity contribution in [3.05, 3.63) is 42.6 Å². The number of benzene rings is 1. The zero-order valence-electron chi connectivity index (χ0n) is 14.5. The normalized spacial score (nSPS) is 19.4. The van der Waals surface area contributed by atoms with Crippen LogP contribution in [0.4, 0.5) is 5.00 Å². The number of halogens is 2. The predicted octanol–water partition coefficient (Wildman–Crippen LogP) is 4.51. The molecule has 0 saturated heterocycles. The minimum Gasteiger partial charge on any atom is -0.495 e. The van der Waals surface area contributed by atoms with Crippen molar-refractivity contribution in [2.45, 2.75) is 26.1 Å². The van der Waals surface area contributed by atoms with Gasteiger partial charge in [0.1, 0.15) is 16.9 Å². The number of likely N-dealkylation sites (N-methyl/N-ethyl adjacent to an activating group) is 1. The summed E-state index contributed by atoms with van der Waals surface area (Å²) in [7, 11) is 1.64. The van der Waals surface area contributed by atoms with Crippen LogP contribution in [0.5, 0.6) is 5.75 Å². The standard InChI is InChI=1S/C18H19Br2N3O2S/c1-3-23-5-4-10-13(8-23)26-18-14(10)17(24)21-16(22-18)11-6-9(19)7-12(20)15(11)25-2/h6-7,16,22H,3-5,8H2,1-2H3,(H,21,24)/t16-/m0/s1. The van der Waals surface area contributed by atoms with Crippen LogP contribution in [-0.2, 0) is 13.0 Å². The number of nitrogens with zero attached hydrogens (tertiary/aromatic N) is 1. The molecular formula is C18H19Br2N3O2S. The summed E-state index contributed by atoms with van der Waals surface area (Å²) in [5.74, 6) is 0.706. The summed E-state index contributed by atoms with van der Waals surface area (Å²) < 4.78 is 7.32. The Bertz CT molecular complexity index is 884. The van der Waals surface area contributed by atoms with Gasteiger partial charge in [-0.25, -0.2) is 0 Å². The first-order valence-electron chi connectivity index (χ1n) is 8.49. The van der Waals surface area contributed by atoms with Gasteiger partial charge < -0.3 is 15.4 Å². The Labute approximate surface area is 173 Å². The fraction of sp³-hybridized carbons (Fsp3) is 0.389. The molecule has 0 bridgehead atoms. The third-order valence-electron chi connectivity index (χ3n) is 4.91. The Morgan fingerprint density at radius 1 is 1.35 bits per heavy atom. The minimum absolute atomic E-state index is 0.00986. The number of thiophene rings is 1. The first-order valence-corrected chi connectivity index (χ1v) is 10.9. The number of ether oxygens (including phenoxy) is 1. The molecule has 0 saturated carbocycles. The highest BCUT2D eigenvalue weighted by atomic mass is 79.9. The van der Waals surface area contributed by atoms with Crippen molar-refractivity contribution in [1.29, 1.82) is 0 Å². The fourth-order valence-electron chi connectivity index (χ4n) is 3.60. The highest BCUT2D eigenvalue weighted by molar-refractivity contribution is 9.11. The van der Waals surface area contributed by atoms with Crippen LogP contribution in [0.25, 0.3) is 0 Å². The molecule has 2 aromatic rings. The van der Waals surface area contributed by atoms with Gasteiger partial charge in [-0.05, 0) is 46.6 Å². The molecule has 0 radical (unpaired) electrons. The summed E-state index contributed by atoms with van der Waals surface area (Å²) in [5, 5.41) is 7.57. The molecule has 0 spiro atoms. The van der Waals surface area contributed by atoms with Crippen molar-refractivity contribution < 1.29 is 9.53 Å². The van der Waals surface area contributed by atoms with E-state index in [1.165, 1.54) is 10.4 Å². The fourth-order valence-corrected chi connectivity index (χ4v) is 6.34. The van der Waals surface area contributed by atoms with E-state index >= 15 is 0 Å². The molecule has 1 amide bonds. The molecule has 0 fully saturated rings. The average molecular weight is 501 g/mol. The maximum Gasteiger partial charge on any atom is 0.256 e. The molecule has 2 aliphatic rings. The maximum absolute atomic E-state index is 12.9. The molecule has 2 aliphatic heterocycles. The second kappa shape index (κ2) is 7.14. The van der Waals surface area contributed by atoms with E-state index in [2.05, 4.69) is 54.3 Å². The Kier molecular flexibility index (Phi) is 5.02. The van der Waals surface area contributed by atoms with Crippen molar-refractivity contribution in [3.63, 3.8) is 0 Å². The molecule has 0 aliphatic carbocycles. The van der Waals surface area contributed by atoms with Crippen LogP contribution in [0.3, 0.4) is 0 Å². The van der Waals surface area contributed by atoms with Gasteiger partial charge in [0.25, 0.3) is 5.91 Å². The van der Waals surface area contributed by atoms with E-state index in [-0.39, 0.29) is 12.1 Å². The molecule has 1 aromatic heterocycles. The quantitative estimate of drug-likeness (QED) is 0.650. The molecule has 138 valence electrons. The molecule has 4 rings (SSSR count). The number of nitrogens with one attached hydrogen (secondary N) is 2. The average Bonchev–Trinajstić information content (AvgIpc) is 2.98. The third kappa shape index (κ3) is 3.06. The van der Waals surface area contributed by atoms with Crippen LogP contribution in [0.15, 0.2) is 21.1 Å². The Hall–Kier alpha value is -1.09. The second-order valence-electron chi connectivity index (χ2n) is 6.39. The van der Waals surface area contributed by atoms with E-state index in [1.807, 2.05) is 12.1 Å². The predicted molar refractivity (Wildman–Crippen MR) is 111 cm³/mol. The number of fused-ring (bicyclic) bond motifs is 3. The van der Waals surface area contributed by atoms with Crippen molar-refractivity contribution in [1.82, 2.24) is 10.2 Å². The van der Waals surface area contributed by atoms with Crippen LogP contribution in [-0.4, -0.2) is 31.0 Å². The van der Waals surface area contributed by atoms with Crippen LogP contribution < -0.4 is 15.4 Å². The lowest BCUT2D eigenvalue weighted by Crippen LogP contribution is -2.39. The molecule has 2 N–H and O–H groups in total. The Morgan fingerprint density at radius 2 is 2.15 bits per heavy atom. The monoisotopic (exact) mass is 499 g/mol.